The largest absolute Gasteiger partial charge is 0.372 e. The molecule has 0 saturated heterocycles. The number of aldehydes is 1. The van der Waals surface area contributed by atoms with Gasteiger partial charge in [-0.25, -0.2) is 0 Å². The van der Waals surface area contributed by atoms with Crippen LogP contribution in [0.3, 0.4) is 0 Å². The van der Waals surface area contributed by atoms with Crippen LogP contribution in [0.5, 0.6) is 0 Å². The lowest BCUT2D eigenvalue weighted by molar-refractivity contribution is 0.112. The maximum absolute atomic E-state index is 10.7. The highest BCUT2D eigenvalue weighted by Gasteiger charge is 2.18. The molecule has 1 aromatic carbocycles. The van der Waals surface area contributed by atoms with Crippen molar-refractivity contribution in [3.8, 4) is 0 Å². The van der Waals surface area contributed by atoms with Gasteiger partial charge >= 0.3 is 0 Å². The van der Waals surface area contributed by atoms with Gasteiger partial charge in [-0.1, -0.05) is 12.1 Å². The van der Waals surface area contributed by atoms with E-state index in [2.05, 4.69) is 4.98 Å². The SMILES string of the molecule is Cc1nc2cc(C=O)ccc2c2c1COC2. The van der Waals surface area contributed by atoms with Crippen LogP contribution in [0, 0.1) is 6.92 Å². The van der Waals surface area contributed by atoms with Crippen molar-refractivity contribution >= 4 is 17.2 Å². The van der Waals surface area contributed by atoms with Gasteiger partial charge in [-0.3, -0.25) is 9.78 Å². The number of benzene rings is 1. The van der Waals surface area contributed by atoms with Crippen molar-refractivity contribution in [1.29, 1.82) is 0 Å². The Bertz CT molecular complexity index is 590. The van der Waals surface area contributed by atoms with E-state index in [-0.39, 0.29) is 0 Å². The lowest BCUT2D eigenvalue weighted by atomic mass is 10.0. The van der Waals surface area contributed by atoms with Crippen LogP contribution in [0.1, 0.15) is 27.2 Å². The summed E-state index contributed by atoms with van der Waals surface area (Å²) in [5.74, 6) is 0. The van der Waals surface area contributed by atoms with Gasteiger partial charge in [0.1, 0.15) is 6.29 Å². The van der Waals surface area contributed by atoms with Crippen molar-refractivity contribution in [2.45, 2.75) is 20.1 Å². The molecule has 0 saturated carbocycles. The topological polar surface area (TPSA) is 39.2 Å². The number of carbonyl (C=O) groups excluding carboxylic acids is 1. The Morgan fingerprint density at radius 1 is 1.31 bits per heavy atom. The molecule has 0 radical (unpaired) electrons. The molecule has 3 nitrogen and oxygen atoms in total. The first-order chi connectivity index (χ1) is 7.79. The standard InChI is InChI=1S/C13H11NO2/c1-8-11-6-16-7-12(11)10-3-2-9(5-15)4-13(10)14-8/h2-5H,6-7H2,1H3. The minimum Gasteiger partial charge on any atom is -0.372 e. The summed E-state index contributed by atoms with van der Waals surface area (Å²) >= 11 is 0. The summed E-state index contributed by atoms with van der Waals surface area (Å²) in [5, 5.41) is 1.10. The second-order valence-corrected chi connectivity index (χ2v) is 4.04. The fraction of sp³-hybridized carbons (Fsp3) is 0.231. The van der Waals surface area contributed by atoms with Crippen molar-refractivity contribution < 1.29 is 9.53 Å². The van der Waals surface area contributed by atoms with Gasteiger partial charge in [-0.15, -0.1) is 0 Å². The summed E-state index contributed by atoms with van der Waals surface area (Å²) in [6, 6.07) is 5.61. The van der Waals surface area contributed by atoms with E-state index in [9.17, 15) is 4.79 Å². The third-order valence-corrected chi connectivity index (χ3v) is 3.06. The maximum Gasteiger partial charge on any atom is 0.150 e. The molecule has 0 unspecified atom stereocenters. The van der Waals surface area contributed by atoms with Gasteiger partial charge in [-0.2, -0.15) is 0 Å². The van der Waals surface area contributed by atoms with E-state index in [1.165, 1.54) is 11.1 Å². The quantitative estimate of drug-likeness (QED) is 0.683. The van der Waals surface area contributed by atoms with Crippen molar-refractivity contribution in [3.63, 3.8) is 0 Å². The van der Waals surface area contributed by atoms with Crippen LogP contribution in [0.15, 0.2) is 18.2 Å². The van der Waals surface area contributed by atoms with E-state index in [4.69, 9.17) is 4.74 Å². The van der Waals surface area contributed by atoms with E-state index in [0.29, 0.717) is 18.8 Å². The molecule has 2 heterocycles. The van der Waals surface area contributed by atoms with Crippen LogP contribution in [0.25, 0.3) is 10.9 Å². The molecule has 3 rings (SSSR count). The molecule has 0 amide bonds. The van der Waals surface area contributed by atoms with Crippen molar-refractivity contribution in [2.75, 3.05) is 0 Å². The van der Waals surface area contributed by atoms with E-state index < -0.39 is 0 Å². The predicted octanol–water partition coefficient (Wildman–Crippen LogP) is 2.39. The smallest absolute Gasteiger partial charge is 0.150 e. The van der Waals surface area contributed by atoms with Crippen LogP contribution >= 0.6 is 0 Å². The Balaban J connectivity index is 2.38. The number of fused-ring (bicyclic) bond motifs is 3. The van der Waals surface area contributed by atoms with E-state index >= 15 is 0 Å². The number of hydrogen-bond acceptors (Lipinski definition) is 3. The second-order valence-electron chi connectivity index (χ2n) is 4.04. The highest BCUT2D eigenvalue weighted by molar-refractivity contribution is 5.89. The summed E-state index contributed by atoms with van der Waals surface area (Å²) < 4.78 is 5.45. The molecule has 0 N–H and O–H groups in total. The number of hydrogen-bond donors (Lipinski definition) is 0. The van der Waals surface area contributed by atoms with Gasteiger partial charge in [0.2, 0.25) is 0 Å². The average molecular weight is 213 g/mol. The van der Waals surface area contributed by atoms with E-state index in [0.717, 1.165) is 22.9 Å². The van der Waals surface area contributed by atoms with E-state index in [1.807, 2.05) is 25.1 Å². The lowest BCUT2D eigenvalue weighted by Gasteiger charge is -2.06. The monoisotopic (exact) mass is 213 g/mol. The van der Waals surface area contributed by atoms with Crippen molar-refractivity contribution in [3.05, 3.63) is 40.6 Å². The number of nitrogens with zero attached hydrogens (tertiary/aromatic N) is 1. The summed E-state index contributed by atoms with van der Waals surface area (Å²) in [4.78, 5) is 15.2. The molecule has 3 heteroatoms. The number of ether oxygens (including phenoxy) is 1. The first-order valence-corrected chi connectivity index (χ1v) is 5.24. The number of carbonyl (C=O) groups is 1. The number of rotatable bonds is 1. The molecule has 0 spiro atoms. The minimum absolute atomic E-state index is 0.648. The van der Waals surface area contributed by atoms with Gasteiger partial charge in [0, 0.05) is 22.2 Å². The molecule has 2 aromatic rings. The van der Waals surface area contributed by atoms with Crippen LogP contribution in [0.4, 0.5) is 0 Å². The normalized spacial score (nSPS) is 14.1. The first kappa shape index (κ1) is 9.48. The molecule has 1 aliphatic rings. The second kappa shape index (κ2) is 3.39. The number of aromatic nitrogens is 1. The van der Waals surface area contributed by atoms with Gasteiger partial charge in [0.05, 0.1) is 18.7 Å². The Kier molecular flexibility index (Phi) is 2.01. The maximum atomic E-state index is 10.7. The van der Waals surface area contributed by atoms with Gasteiger partial charge in [0.15, 0.2) is 0 Å². The summed E-state index contributed by atoms with van der Waals surface area (Å²) in [7, 11) is 0. The average Bonchev–Trinajstić information content (AvgIpc) is 2.78. The van der Waals surface area contributed by atoms with Crippen LogP contribution in [0.2, 0.25) is 0 Å². The third kappa shape index (κ3) is 1.25. The van der Waals surface area contributed by atoms with Crippen molar-refractivity contribution in [2.24, 2.45) is 0 Å². The minimum atomic E-state index is 0.648. The van der Waals surface area contributed by atoms with Crippen LogP contribution in [-0.4, -0.2) is 11.3 Å². The zero-order valence-corrected chi connectivity index (χ0v) is 8.99. The molecule has 0 bridgehead atoms. The molecule has 80 valence electrons. The molecule has 0 aliphatic carbocycles. The molecule has 0 fully saturated rings. The lowest BCUT2D eigenvalue weighted by Crippen LogP contribution is -1.95. The Morgan fingerprint density at radius 3 is 2.94 bits per heavy atom. The Labute approximate surface area is 93.1 Å². The molecule has 1 aromatic heterocycles. The molecule has 1 aliphatic heterocycles. The molecule has 0 atom stereocenters. The van der Waals surface area contributed by atoms with Crippen LogP contribution < -0.4 is 0 Å². The van der Waals surface area contributed by atoms with E-state index in [1.54, 1.807) is 0 Å². The fourth-order valence-corrected chi connectivity index (χ4v) is 2.21. The molecular formula is C13H11NO2. The Morgan fingerprint density at radius 2 is 2.12 bits per heavy atom. The number of aryl methyl sites for hydroxylation is 1. The molecular weight excluding hydrogens is 202 g/mol. The first-order valence-electron chi connectivity index (χ1n) is 5.24. The number of pyridine rings is 1. The summed E-state index contributed by atoms with van der Waals surface area (Å²) in [6.45, 7) is 3.29. The van der Waals surface area contributed by atoms with Gasteiger partial charge in [0.25, 0.3) is 0 Å². The zero-order chi connectivity index (χ0) is 11.1. The molecule has 16 heavy (non-hydrogen) atoms. The van der Waals surface area contributed by atoms with Crippen LogP contribution in [-0.2, 0) is 18.0 Å². The zero-order valence-electron chi connectivity index (χ0n) is 8.99. The third-order valence-electron chi connectivity index (χ3n) is 3.06. The predicted molar refractivity (Wildman–Crippen MR) is 60.4 cm³/mol. The van der Waals surface area contributed by atoms with Gasteiger partial charge in [-0.05, 0) is 18.6 Å². The highest BCUT2D eigenvalue weighted by atomic mass is 16.5. The summed E-state index contributed by atoms with van der Waals surface area (Å²) in [6.07, 6.45) is 0.847. The fourth-order valence-electron chi connectivity index (χ4n) is 2.21. The summed E-state index contributed by atoms with van der Waals surface area (Å²) in [5.41, 5.74) is 4.97. The van der Waals surface area contributed by atoms with Crippen molar-refractivity contribution in [1.82, 2.24) is 4.98 Å². The van der Waals surface area contributed by atoms with Gasteiger partial charge < -0.3 is 4.74 Å². The highest BCUT2D eigenvalue weighted by Crippen LogP contribution is 2.29. The Hall–Kier alpha value is -1.74.